The van der Waals surface area contributed by atoms with Crippen molar-refractivity contribution in [2.24, 2.45) is 11.3 Å². The van der Waals surface area contributed by atoms with Crippen LogP contribution in [0.4, 0.5) is 17.1 Å². The van der Waals surface area contributed by atoms with Gasteiger partial charge in [-0.2, -0.15) is 0 Å². The summed E-state index contributed by atoms with van der Waals surface area (Å²) in [6.07, 6.45) is 8.31. The zero-order valence-corrected chi connectivity index (χ0v) is 49.3. The molecule has 0 saturated carbocycles. The highest BCUT2D eigenvalue weighted by Crippen LogP contribution is 2.44. The van der Waals surface area contributed by atoms with E-state index < -0.39 is 50.5 Å². The molecule has 3 fully saturated rings. The van der Waals surface area contributed by atoms with E-state index in [-0.39, 0.29) is 69.8 Å². The predicted molar refractivity (Wildman–Crippen MR) is 323 cm³/mol. The lowest BCUT2D eigenvalue weighted by Gasteiger charge is -2.39. The van der Waals surface area contributed by atoms with Crippen molar-refractivity contribution in [2.45, 2.75) is 69.7 Å². The Morgan fingerprint density at radius 3 is 2.49 bits per heavy atom. The Balaban J connectivity index is 0.692. The highest BCUT2D eigenvalue weighted by molar-refractivity contribution is 7.90. The van der Waals surface area contributed by atoms with Crippen LogP contribution in [0, 0.1) is 23.2 Å². The number of piperazine rings is 1. The summed E-state index contributed by atoms with van der Waals surface area (Å²) in [5, 5.41) is 27.5. The molecule has 21 nitrogen and oxygen atoms in total. The molecule has 5 amide bonds. The molecule has 3 saturated heterocycles. The summed E-state index contributed by atoms with van der Waals surface area (Å²) in [5.74, 6) is 3.24. The molecule has 0 bridgehead atoms. The number of fused-ring (bicyclic) bond motifs is 2. The van der Waals surface area contributed by atoms with Gasteiger partial charge in [-0.05, 0) is 140 Å². The van der Waals surface area contributed by atoms with Crippen LogP contribution < -0.4 is 30.2 Å². The molecule has 23 heteroatoms. The number of hydrogen-bond donors (Lipinski definition) is 6. The third-order valence-electron chi connectivity index (χ3n) is 16.6. The van der Waals surface area contributed by atoms with Crippen molar-refractivity contribution in [3.05, 3.63) is 142 Å². The maximum absolute atomic E-state index is 14.2. The normalized spacial score (nSPS) is 19.3. The summed E-state index contributed by atoms with van der Waals surface area (Å²) < 4.78 is 42.4. The maximum atomic E-state index is 14.2. The lowest BCUT2D eigenvalue weighted by molar-refractivity contribution is -0.136. The molecule has 4 aromatic carbocycles. The molecule has 448 valence electrons. The molecule has 0 spiro atoms. The van der Waals surface area contributed by atoms with Gasteiger partial charge in [-0.1, -0.05) is 55.0 Å². The second-order valence-electron chi connectivity index (χ2n) is 23.2. The molecule has 2 atom stereocenters. The van der Waals surface area contributed by atoms with Crippen LogP contribution >= 0.6 is 11.6 Å². The van der Waals surface area contributed by atoms with Crippen LogP contribution in [0.1, 0.15) is 101 Å². The van der Waals surface area contributed by atoms with Gasteiger partial charge in [-0.25, -0.2) is 18.1 Å². The Labute approximate surface area is 503 Å². The van der Waals surface area contributed by atoms with Crippen molar-refractivity contribution in [3.8, 4) is 23.3 Å². The number of sulfonamides is 1. The molecule has 6 N–H and O–H groups in total. The van der Waals surface area contributed by atoms with E-state index >= 15 is 0 Å². The number of imide groups is 2. The van der Waals surface area contributed by atoms with Gasteiger partial charge in [0, 0.05) is 92.7 Å². The SMILES string of the molecule is CC1(C)CCC(CN2CCN(c3ccc(C(=O)NS(=O)(=O)c4ccc(NCC5CCCN(CCOCC#Cc6ccc7c(c6)C(=O)N(C6CCC(=O)NC6=O)C7=O)C5)c(N(O)O)c4)c(Oc4cnc5[nH]ccc5c4)c3)CC2)=C(c2ccc(Cl)cc2)C1. The zero-order valence-electron chi connectivity index (χ0n) is 47.7. The number of anilines is 3. The molecule has 1 aliphatic carbocycles. The Bertz CT molecular complexity index is 3830. The van der Waals surface area contributed by atoms with Gasteiger partial charge in [0.1, 0.15) is 35.5 Å². The van der Waals surface area contributed by atoms with Crippen LogP contribution in [0.15, 0.2) is 114 Å². The van der Waals surface area contributed by atoms with Gasteiger partial charge in [-0.15, -0.1) is 5.23 Å². The molecule has 0 radical (unpaired) electrons. The smallest absolute Gasteiger partial charge is 0.268 e. The number of H-pyrrole nitrogens is 1. The Morgan fingerprint density at radius 2 is 1.70 bits per heavy atom. The summed E-state index contributed by atoms with van der Waals surface area (Å²) in [7, 11) is -4.60. The summed E-state index contributed by atoms with van der Waals surface area (Å²) in [6, 6.07) is 24.2. The van der Waals surface area contributed by atoms with Crippen LogP contribution in [-0.2, 0) is 24.3 Å². The number of pyridine rings is 1. The lowest BCUT2D eigenvalue weighted by atomic mass is 9.72. The minimum absolute atomic E-state index is 0.0308. The summed E-state index contributed by atoms with van der Waals surface area (Å²) in [5.41, 5.74) is 6.48. The summed E-state index contributed by atoms with van der Waals surface area (Å²) in [6.45, 7) is 11.6. The molecule has 2 unspecified atom stereocenters. The second-order valence-corrected chi connectivity index (χ2v) is 25.3. The van der Waals surface area contributed by atoms with Gasteiger partial charge in [0.25, 0.3) is 27.7 Å². The first kappa shape index (κ1) is 59.6. The van der Waals surface area contributed by atoms with Gasteiger partial charge in [0.05, 0.1) is 40.1 Å². The van der Waals surface area contributed by atoms with Gasteiger partial charge < -0.3 is 29.6 Å². The Morgan fingerprint density at radius 1 is 0.895 bits per heavy atom. The number of ether oxygens (including phenoxy) is 2. The fourth-order valence-corrected chi connectivity index (χ4v) is 13.1. The van der Waals surface area contributed by atoms with E-state index in [0.717, 1.165) is 80.3 Å². The molecule has 6 heterocycles. The lowest BCUT2D eigenvalue weighted by Crippen LogP contribution is -2.54. The average molecular weight is 1210 g/mol. The van der Waals surface area contributed by atoms with E-state index in [1.54, 1.807) is 36.5 Å². The van der Waals surface area contributed by atoms with Crippen molar-refractivity contribution in [1.29, 1.82) is 0 Å². The van der Waals surface area contributed by atoms with E-state index in [1.807, 2.05) is 18.2 Å². The number of carbonyl (C=O) groups excluding carboxylic acids is 5. The van der Waals surface area contributed by atoms with E-state index in [0.29, 0.717) is 61.3 Å². The number of piperidine rings is 2. The fraction of sp³-hybridized carbons (Fsp3) is 0.365. The number of halogens is 1. The van der Waals surface area contributed by atoms with Crippen LogP contribution in [0.5, 0.6) is 11.5 Å². The molecule has 4 aliphatic heterocycles. The van der Waals surface area contributed by atoms with Crippen molar-refractivity contribution in [2.75, 3.05) is 87.6 Å². The largest absolute Gasteiger partial charge is 0.455 e. The van der Waals surface area contributed by atoms with E-state index in [2.05, 4.69) is 77.8 Å². The number of allylic oxidation sites excluding steroid dienone is 1. The standard InChI is InChI=1S/C63H67ClN10O11S/c1-63(2)21-19-44(52(35-63)42-8-10-45(64)11-9-42)39-71-24-26-72(27-25-71)46-12-15-50(56(33-46)85-47-32-43-20-22-65-58(43)67-37-47)59(76)69-86(82,83)48-13-16-53(55(34-48)74(80)81)66-36-41-5-3-23-70(38-41)28-30-84-29-4-6-40-7-14-49-51(31-40)62(79)73(61(49)78)54-17-18-57(75)68-60(54)77/h7-16,20,22,31-34,37,41,54,66,80-81H,3,5,17-19,21,23-30,35-36,38-39H2,1-2H3,(H,65,67)(H,69,76)(H,68,75,77). The first-order chi connectivity index (χ1) is 41.3. The summed E-state index contributed by atoms with van der Waals surface area (Å²) >= 11 is 6.27. The van der Waals surface area contributed by atoms with Crippen molar-refractivity contribution in [3.63, 3.8) is 0 Å². The predicted octanol–water partition coefficient (Wildman–Crippen LogP) is 8.09. The number of carbonyl (C=O) groups is 5. The van der Waals surface area contributed by atoms with E-state index in [9.17, 15) is 42.8 Å². The molecule has 11 rings (SSSR count). The first-order valence-electron chi connectivity index (χ1n) is 28.8. The number of benzene rings is 4. The molecule has 2 aromatic heterocycles. The van der Waals surface area contributed by atoms with Gasteiger partial charge in [0.15, 0.2) is 0 Å². The Kier molecular flexibility index (Phi) is 17.6. The van der Waals surface area contributed by atoms with E-state index in [4.69, 9.17) is 21.1 Å². The Hall–Kier alpha value is -8.14. The van der Waals surface area contributed by atoms with Crippen molar-refractivity contribution in [1.82, 2.24) is 34.7 Å². The number of amides is 5. The van der Waals surface area contributed by atoms with Crippen molar-refractivity contribution < 1.29 is 52.3 Å². The van der Waals surface area contributed by atoms with Crippen LogP contribution in [0.2, 0.25) is 5.02 Å². The molecular weight excluding hydrogens is 1140 g/mol. The highest BCUT2D eigenvalue weighted by Gasteiger charge is 2.45. The van der Waals surface area contributed by atoms with Gasteiger partial charge in [0.2, 0.25) is 11.8 Å². The van der Waals surface area contributed by atoms with Gasteiger partial charge in [-0.3, -0.25) is 49.5 Å². The topological polar surface area (TPSA) is 259 Å². The number of rotatable bonds is 18. The quantitative estimate of drug-likeness (QED) is 0.0206. The third kappa shape index (κ3) is 13.6. The van der Waals surface area contributed by atoms with Crippen LogP contribution in [0.3, 0.4) is 0 Å². The van der Waals surface area contributed by atoms with Gasteiger partial charge >= 0.3 is 0 Å². The number of aromatic amines is 1. The minimum Gasteiger partial charge on any atom is -0.455 e. The molecule has 5 aliphatic rings. The molecule has 86 heavy (non-hydrogen) atoms. The number of nitrogens with zero attached hydrogens (tertiary/aromatic N) is 6. The number of nitrogens with one attached hydrogen (secondary N) is 4. The highest BCUT2D eigenvalue weighted by atomic mass is 35.5. The minimum atomic E-state index is -4.60. The molecular formula is C63H67ClN10O11S. The maximum Gasteiger partial charge on any atom is 0.268 e. The molecule has 6 aromatic rings. The monoisotopic (exact) mass is 1210 g/mol. The number of likely N-dealkylation sites (tertiary alicyclic amines) is 1. The second kappa shape index (κ2) is 25.4. The average Bonchev–Trinajstić information content (AvgIpc) is 1.79. The van der Waals surface area contributed by atoms with Crippen LogP contribution in [0.25, 0.3) is 16.6 Å². The zero-order chi connectivity index (χ0) is 60.3. The third-order valence-corrected chi connectivity index (χ3v) is 18.2. The summed E-state index contributed by atoms with van der Waals surface area (Å²) in [4.78, 5) is 79.5. The van der Waals surface area contributed by atoms with Crippen LogP contribution in [-0.4, -0.2) is 151 Å². The first-order valence-corrected chi connectivity index (χ1v) is 30.7. The van der Waals surface area contributed by atoms with E-state index in [1.165, 1.54) is 47.2 Å². The number of aromatic nitrogens is 2. The fourth-order valence-electron chi connectivity index (χ4n) is 12.0. The van der Waals surface area contributed by atoms with Crippen molar-refractivity contribution >= 4 is 84.8 Å². The number of hydrogen-bond acceptors (Lipinski definition) is 17.